The molecule has 0 aliphatic rings. The highest BCUT2D eigenvalue weighted by molar-refractivity contribution is 5.99. The number of pyridine rings is 1. The number of aromatic nitrogens is 3. The number of nitrogens with one attached hydrogen (secondary N) is 1. The summed E-state index contributed by atoms with van der Waals surface area (Å²) in [6.07, 6.45) is 3.56. The molecule has 1 N–H and O–H groups in total. The van der Waals surface area contributed by atoms with Crippen LogP contribution in [0.1, 0.15) is 60.1 Å². The molecule has 1 atom stereocenters. The van der Waals surface area contributed by atoms with E-state index in [-0.39, 0.29) is 30.4 Å². The first-order valence-electron chi connectivity index (χ1n) is 9.99. The van der Waals surface area contributed by atoms with Crippen molar-refractivity contribution in [3.63, 3.8) is 0 Å². The topological polar surface area (TPSA) is 98.0 Å². The predicted octanol–water partition coefficient (Wildman–Crippen LogP) is 4.22. The number of hydrogen-bond acceptors (Lipinski definition) is 6. The number of rotatable bonds is 8. The summed E-state index contributed by atoms with van der Waals surface area (Å²) < 4.78 is 5.40. The van der Waals surface area contributed by atoms with Gasteiger partial charge < -0.3 is 9.84 Å². The van der Waals surface area contributed by atoms with Gasteiger partial charge in [-0.05, 0) is 43.5 Å². The van der Waals surface area contributed by atoms with Crippen LogP contribution in [-0.2, 0) is 4.79 Å². The first-order valence-corrected chi connectivity index (χ1v) is 9.99. The van der Waals surface area contributed by atoms with Crippen LogP contribution in [0, 0.1) is 19.8 Å². The van der Waals surface area contributed by atoms with Crippen molar-refractivity contribution in [3.05, 3.63) is 65.3 Å². The quantitative estimate of drug-likeness (QED) is 0.562. The highest BCUT2D eigenvalue weighted by atomic mass is 16.5. The lowest BCUT2D eigenvalue weighted by Crippen LogP contribution is -2.32. The van der Waals surface area contributed by atoms with Crippen LogP contribution in [0.5, 0.6) is 0 Å². The van der Waals surface area contributed by atoms with Gasteiger partial charge in [0.05, 0.1) is 0 Å². The number of nitrogens with zero attached hydrogens (tertiary/aromatic N) is 3. The Balaban J connectivity index is 1.64. The molecule has 0 saturated heterocycles. The van der Waals surface area contributed by atoms with Gasteiger partial charge in [0, 0.05) is 36.4 Å². The molecule has 1 unspecified atom stereocenters. The number of ketones is 1. The van der Waals surface area contributed by atoms with Crippen molar-refractivity contribution in [2.45, 2.75) is 46.6 Å². The predicted molar refractivity (Wildman–Crippen MR) is 113 cm³/mol. The van der Waals surface area contributed by atoms with Gasteiger partial charge in [0.1, 0.15) is 6.04 Å². The van der Waals surface area contributed by atoms with Crippen molar-refractivity contribution < 1.29 is 14.1 Å². The molecule has 0 spiro atoms. The summed E-state index contributed by atoms with van der Waals surface area (Å²) in [6.45, 7) is 7.76. The molecule has 0 saturated carbocycles. The van der Waals surface area contributed by atoms with Crippen LogP contribution < -0.4 is 5.32 Å². The van der Waals surface area contributed by atoms with Gasteiger partial charge in [-0.3, -0.25) is 14.6 Å². The van der Waals surface area contributed by atoms with Crippen LogP contribution >= 0.6 is 0 Å². The number of amides is 1. The molecule has 3 aromatic rings. The van der Waals surface area contributed by atoms with Gasteiger partial charge in [-0.2, -0.15) is 4.98 Å². The fourth-order valence-electron chi connectivity index (χ4n) is 3.13. The molecule has 0 fully saturated rings. The zero-order valence-electron chi connectivity index (χ0n) is 17.7. The molecule has 0 aliphatic heterocycles. The molecule has 0 radical (unpaired) electrons. The molecule has 2 aromatic heterocycles. The van der Waals surface area contributed by atoms with Gasteiger partial charge in [0.15, 0.2) is 5.78 Å². The maximum Gasteiger partial charge on any atom is 0.249 e. The Morgan fingerprint density at radius 2 is 1.93 bits per heavy atom. The van der Waals surface area contributed by atoms with Crippen LogP contribution in [-0.4, -0.2) is 26.8 Å². The second kappa shape index (κ2) is 9.43. The lowest BCUT2D eigenvalue weighted by atomic mass is 9.99. The largest absolute Gasteiger partial charge is 0.344 e. The molecule has 2 heterocycles. The number of aryl methyl sites for hydroxylation is 2. The van der Waals surface area contributed by atoms with E-state index in [4.69, 9.17) is 4.52 Å². The second-order valence-electron chi connectivity index (χ2n) is 7.73. The van der Waals surface area contributed by atoms with Crippen molar-refractivity contribution >= 4 is 11.7 Å². The number of hydrogen-bond donors (Lipinski definition) is 1. The Hall–Kier alpha value is -3.35. The second-order valence-corrected chi connectivity index (χ2v) is 7.73. The molecule has 7 heteroatoms. The summed E-state index contributed by atoms with van der Waals surface area (Å²) in [7, 11) is 0. The van der Waals surface area contributed by atoms with E-state index in [1.165, 1.54) is 0 Å². The smallest absolute Gasteiger partial charge is 0.249 e. The highest BCUT2D eigenvalue weighted by Gasteiger charge is 2.25. The molecular formula is C23H26N4O3. The van der Waals surface area contributed by atoms with Crippen LogP contribution in [0.15, 0.2) is 47.2 Å². The van der Waals surface area contributed by atoms with Gasteiger partial charge in [-0.25, -0.2) is 0 Å². The number of benzene rings is 1. The zero-order chi connectivity index (χ0) is 21.7. The monoisotopic (exact) mass is 406 g/mol. The van der Waals surface area contributed by atoms with E-state index in [9.17, 15) is 9.59 Å². The Bertz CT molecular complexity index is 1030. The third-order valence-electron chi connectivity index (χ3n) is 4.88. The van der Waals surface area contributed by atoms with Crippen molar-refractivity contribution in [1.82, 2.24) is 20.4 Å². The SMILES string of the molecule is Cc1ccc(C)c(C(=O)CCC(=O)NC(c2nc(-c3cccnc3)no2)C(C)C)c1. The summed E-state index contributed by atoms with van der Waals surface area (Å²) in [5.41, 5.74) is 3.34. The molecule has 156 valence electrons. The molecule has 7 nitrogen and oxygen atoms in total. The summed E-state index contributed by atoms with van der Waals surface area (Å²) >= 11 is 0. The minimum atomic E-state index is -0.439. The fraction of sp³-hybridized carbons (Fsp3) is 0.348. The van der Waals surface area contributed by atoms with E-state index >= 15 is 0 Å². The van der Waals surface area contributed by atoms with E-state index < -0.39 is 6.04 Å². The van der Waals surface area contributed by atoms with Crippen LogP contribution in [0.4, 0.5) is 0 Å². The Morgan fingerprint density at radius 1 is 1.13 bits per heavy atom. The zero-order valence-corrected chi connectivity index (χ0v) is 17.7. The highest BCUT2D eigenvalue weighted by Crippen LogP contribution is 2.23. The van der Waals surface area contributed by atoms with Gasteiger partial charge in [-0.1, -0.05) is 36.7 Å². The maximum atomic E-state index is 12.5. The first kappa shape index (κ1) is 21.4. The lowest BCUT2D eigenvalue weighted by Gasteiger charge is -2.18. The van der Waals surface area contributed by atoms with Crippen LogP contribution in [0.25, 0.3) is 11.4 Å². The Kier molecular flexibility index (Phi) is 6.72. The van der Waals surface area contributed by atoms with Crippen molar-refractivity contribution in [2.75, 3.05) is 0 Å². The van der Waals surface area contributed by atoms with Gasteiger partial charge in [0.25, 0.3) is 0 Å². The average Bonchev–Trinajstić information content (AvgIpc) is 3.22. The number of carbonyl (C=O) groups excluding carboxylic acids is 2. The molecule has 0 bridgehead atoms. The first-order chi connectivity index (χ1) is 14.3. The third-order valence-corrected chi connectivity index (χ3v) is 4.88. The summed E-state index contributed by atoms with van der Waals surface area (Å²) in [4.78, 5) is 33.6. The third kappa shape index (κ3) is 5.17. The molecule has 3 rings (SSSR count). The minimum Gasteiger partial charge on any atom is -0.344 e. The van der Waals surface area contributed by atoms with E-state index in [0.717, 1.165) is 16.7 Å². The normalized spacial score (nSPS) is 12.0. The average molecular weight is 406 g/mol. The fourth-order valence-corrected chi connectivity index (χ4v) is 3.13. The minimum absolute atomic E-state index is 0.0332. The summed E-state index contributed by atoms with van der Waals surface area (Å²) in [5, 5.41) is 6.92. The molecular weight excluding hydrogens is 380 g/mol. The number of carbonyl (C=O) groups is 2. The van der Waals surface area contributed by atoms with Gasteiger partial charge in [-0.15, -0.1) is 0 Å². The van der Waals surface area contributed by atoms with E-state index in [1.807, 2.05) is 52.0 Å². The number of Topliss-reactive ketones (excluding diaryl/α,β-unsaturated/α-hetero) is 1. The van der Waals surface area contributed by atoms with Crippen molar-refractivity contribution in [1.29, 1.82) is 0 Å². The molecule has 30 heavy (non-hydrogen) atoms. The van der Waals surface area contributed by atoms with Gasteiger partial charge >= 0.3 is 0 Å². The van der Waals surface area contributed by atoms with Crippen LogP contribution in [0.3, 0.4) is 0 Å². The Morgan fingerprint density at radius 3 is 2.63 bits per heavy atom. The van der Waals surface area contributed by atoms with Gasteiger partial charge in [0.2, 0.25) is 17.6 Å². The molecule has 0 aliphatic carbocycles. The van der Waals surface area contributed by atoms with Crippen molar-refractivity contribution in [2.24, 2.45) is 5.92 Å². The van der Waals surface area contributed by atoms with Crippen LogP contribution in [0.2, 0.25) is 0 Å². The maximum absolute atomic E-state index is 12.5. The van der Waals surface area contributed by atoms with E-state index in [0.29, 0.717) is 17.3 Å². The Labute approximate surface area is 175 Å². The summed E-state index contributed by atoms with van der Waals surface area (Å²) in [5.74, 6) is 0.518. The summed E-state index contributed by atoms with van der Waals surface area (Å²) in [6, 6.07) is 8.95. The molecule has 1 aromatic carbocycles. The molecule has 1 amide bonds. The van der Waals surface area contributed by atoms with E-state index in [2.05, 4.69) is 20.4 Å². The standard InChI is InChI=1S/C23H26N4O3/c1-14(2)21(23-26-22(27-30-23)17-6-5-11-24-13-17)25-20(29)10-9-19(28)18-12-15(3)7-8-16(18)4/h5-8,11-14,21H,9-10H2,1-4H3,(H,25,29). The lowest BCUT2D eigenvalue weighted by molar-refractivity contribution is -0.122. The van der Waals surface area contributed by atoms with E-state index in [1.54, 1.807) is 18.5 Å². The van der Waals surface area contributed by atoms with Crippen molar-refractivity contribution in [3.8, 4) is 11.4 Å².